The zero-order valence-corrected chi connectivity index (χ0v) is 10.6. The lowest BCUT2D eigenvalue weighted by Crippen LogP contribution is -2.40. The smallest absolute Gasteiger partial charge is 0.0949 e. The van der Waals surface area contributed by atoms with Crippen LogP contribution in [0.3, 0.4) is 0 Å². The number of nitrogens with zero attached hydrogens (tertiary/aromatic N) is 1. The van der Waals surface area contributed by atoms with E-state index in [-0.39, 0.29) is 5.92 Å². The van der Waals surface area contributed by atoms with E-state index in [2.05, 4.69) is 11.0 Å². The van der Waals surface area contributed by atoms with Crippen molar-refractivity contribution >= 4 is 17.4 Å². The minimum absolute atomic E-state index is 0.225. The predicted octanol–water partition coefficient (Wildman–Crippen LogP) is 2.49. The quantitative estimate of drug-likeness (QED) is 0.641. The van der Waals surface area contributed by atoms with Gasteiger partial charge >= 0.3 is 0 Å². The van der Waals surface area contributed by atoms with Crippen LogP contribution in [0.1, 0.15) is 18.4 Å². The number of piperidine rings is 1. The Morgan fingerprint density at radius 3 is 3.06 bits per heavy atom. The van der Waals surface area contributed by atoms with Crippen LogP contribution in [-0.4, -0.2) is 23.8 Å². The van der Waals surface area contributed by atoms with Gasteiger partial charge in [0.05, 0.1) is 5.84 Å². The first-order chi connectivity index (χ1) is 8.15. The number of hydrogen-bond donors (Lipinski definition) is 2. The lowest BCUT2D eigenvalue weighted by atomic mass is 9.96. The van der Waals surface area contributed by atoms with Gasteiger partial charge in [-0.15, -0.1) is 0 Å². The molecule has 1 aromatic carbocycles. The van der Waals surface area contributed by atoms with Crippen molar-refractivity contribution in [3.63, 3.8) is 0 Å². The van der Waals surface area contributed by atoms with Crippen LogP contribution in [0.4, 0.5) is 0 Å². The molecular weight excluding hydrogens is 234 g/mol. The summed E-state index contributed by atoms with van der Waals surface area (Å²) in [6.07, 6.45) is 2.16. The summed E-state index contributed by atoms with van der Waals surface area (Å²) in [6.45, 7) is 2.86. The van der Waals surface area contributed by atoms with Crippen molar-refractivity contribution < 1.29 is 0 Å². The SMILES string of the molecule is N=C(N)C1CCCN(Cc2cccc(Cl)c2)C1. The summed E-state index contributed by atoms with van der Waals surface area (Å²) < 4.78 is 0. The predicted molar refractivity (Wildman–Crippen MR) is 71.4 cm³/mol. The van der Waals surface area contributed by atoms with Crippen molar-refractivity contribution in [3.05, 3.63) is 34.9 Å². The molecule has 1 aliphatic rings. The van der Waals surface area contributed by atoms with Gasteiger partial charge in [0.2, 0.25) is 0 Å². The van der Waals surface area contributed by atoms with Crippen LogP contribution < -0.4 is 5.73 Å². The van der Waals surface area contributed by atoms with Crippen molar-refractivity contribution in [2.75, 3.05) is 13.1 Å². The van der Waals surface area contributed by atoms with Crippen LogP contribution in [0.2, 0.25) is 5.02 Å². The molecule has 1 fully saturated rings. The first-order valence-corrected chi connectivity index (χ1v) is 6.33. The Morgan fingerprint density at radius 2 is 2.35 bits per heavy atom. The molecule has 4 heteroatoms. The van der Waals surface area contributed by atoms with E-state index in [1.807, 2.05) is 18.2 Å². The van der Waals surface area contributed by atoms with E-state index < -0.39 is 0 Å². The Kier molecular flexibility index (Phi) is 4.02. The average molecular weight is 252 g/mol. The standard InChI is InChI=1S/C13H18ClN3/c14-12-5-1-3-10(7-12)8-17-6-2-4-11(9-17)13(15)16/h1,3,5,7,11H,2,4,6,8-9H2,(H3,15,16). The maximum absolute atomic E-state index is 7.52. The minimum atomic E-state index is 0.225. The maximum Gasteiger partial charge on any atom is 0.0949 e. The Balaban J connectivity index is 1.97. The van der Waals surface area contributed by atoms with Crippen LogP contribution in [0.5, 0.6) is 0 Å². The highest BCUT2D eigenvalue weighted by atomic mass is 35.5. The van der Waals surface area contributed by atoms with Gasteiger partial charge < -0.3 is 5.73 Å². The first kappa shape index (κ1) is 12.4. The number of rotatable bonds is 3. The molecule has 0 bridgehead atoms. The zero-order valence-electron chi connectivity index (χ0n) is 9.82. The largest absolute Gasteiger partial charge is 0.387 e. The molecular formula is C13H18ClN3. The summed E-state index contributed by atoms with van der Waals surface area (Å²) in [5.74, 6) is 0.545. The third-order valence-corrected chi connectivity index (χ3v) is 3.48. The third-order valence-electron chi connectivity index (χ3n) is 3.24. The Labute approximate surface area is 107 Å². The first-order valence-electron chi connectivity index (χ1n) is 5.96. The third kappa shape index (κ3) is 3.45. The van der Waals surface area contributed by atoms with E-state index >= 15 is 0 Å². The molecule has 92 valence electrons. The number of halogens is 1. The Morgan fingerprint density at radius 1 is 1.53 bits per heavy atom. The van der Waals surface area contributed by atoms with Crippen molar-refractivity contribution in [1.29, 1.82) is 5.41 Å². The normalized spacial score (nSPS) is 21.4. The highest BCUT2D eigenvalue weighted by molar-refractivity contribution is 6.30. The van der Waals surface area contributed by atoms with Crippen LogP contribution in [0.25, 0.3) is 0 Å². The topological polar surface area (TPSA) is 53.1 Å². The molecule has 0 saturated carbocycles. The molecule has 1 heterocycles. The van der Waals surface area contributed by atoms with Gasteiger partial charge in [0.15, 0.2) is 0 Å². The number of nitrogens with one attached hydrogen (secondary N) is 1. The van der Waals surface area contributed by atoms with Gasteiger partial charge in [-0.1, -0.05) is 23.7 Å². The van der Waals surface area contributed by atoms with Crippen LogP contribution in [0, 0.1) is 11.3 Å². The molecule has 17 heavy (non-hydrogen) atoms. The summed E-state index contributed by atoms with van der Waals surface area (Å²) >= 11 is 5.97. The second-order valence-electron chi connectivity index (χ2n) is 4.66. The second-order valence-corrected chi connectivity index (χ2v) is 5.10. The Bertz CT molecular complexity index is 405. The van der Waals surface area contributed by atoms with Crippen molar-refractivity contribution in [1.82, 2.24) is 4.90 Å². The fourth-order valence-corrected chi connectivity index (χ4v) is 2.56. The molecule has 1 saturated heterocycles. The fraction of sp³-hybridized carbons (Fsp3) is 0.462. The summed E-state index contributed by atoms with van der Waals surface area (Å²) in [5, 5.41) is 8.30. The van der Waals surface area contributed by atoms with E-state index in [1.165, 1.54) is 5.56 Å². The molecule has 0 aliphatic carbocycles. The molecule has 3 nitrogen and oxygen atoms in total. The summed E-state index contributed by atoms with van der Waals surface area (Å²) in [5.41, 5.74) is 6.81. The lowest BCUT2D eigenvalue weighted by molar-refractivity contribution is 0.196. The highest BCUT2D eigenvalue weighted by Crippen LogP contribution is 2.19. The number of benzene rings is 1. The molecule has 1 unspecified atom stereocenters. The fourth-order valence-electron chi connectivity index (χ4n) is 2.35. The minimum Gasteiger partial charge on any atom is -0.387 e. The van der Waals surface area contributed by atoms with E-state index in [1.54, 1.807) is 0 Å². The molecule has 1 atom stereocenters. The van der Waals surface area contributed by atoms with Gasteiger partial charge in [-0.05, 0) is 37.1 Å². The van der Waals surface area contributed by atoms with Gasteiger partial charge in [-0.25, -0.2) is 0 Å². The van der Waals surface area contributed by atoms with Crippen LogP contribution >= 0.6 is 11.6 Å². The molecule has 1 aliphatic heterocycles. The van der Waals surface area contributed by atoms with Crippen molar-refractivity contribution in [3.8, 4) is 0 Å². The van der Waals surface area contributed by atoms with Crippen molar-refractivity contribution in [2.45, 2.75) is 19.4 Å². The second kappa shape index (κ2) is 5.52. The molecule has 3 N–H and O–H groups in total. The number of nitrogens with two attached hydrogens (primary N) is 1. The molecule has 2 rings (SSSR count). The molecule has 0 spiro atoms. The summed E-state index contributed by atoms with van der Waals surface area (Å²) in [6, 6.07) is 7.95. The summed E-state index contributed by atoms with van der Waals surface area (Å²) in [4.78, 5) is 2.35. The van der Waals surface area contributed by atoms with E-state index in [9.17, 15) is 0 Å². The molecule has 0 amide bonds. The number of likely N-dealkylation sites (tertiary alicyclic amines) is 1. The summed E-state index contributed by atoms with van der Waals surface area (Å²) in [7, 11) is 0. The molecule has 1 aromatic rings. The lowest BCUT2D eigenvalue weighted by Gasteiger charge is -2.32. The van der Waals surface area contributed by atoms with E-state index in [4.69, 9.17) is 22.7 Å². The zero-order chi connectivity index (χ0) is 12.3. The monoisotopic (exact) mass is 251 g/mol. The van der Waals surface area contributed by atoms with Gasteiger partial charge in [-0.2, -0.15) is 0 Å². The van der Waals surface area contributed by atoms with Gasteiger partial charge in [0.25, 0.3) is 0 Å². The van der Waals surface area contributed by atoms with E-state index in [0.29, 0.717) is 5.84 Å². The number of amidine groups is 1. The molecule has 0 radical (unpaired) electrons. The van der Waals surface area contributed by atoms with E-state index in [0.717, 1.165) is 37.5 Å². The van der Waals surface area contributed by atoms with Crippen molar-refractivity contribution in [2.24, 2.45) is 11.7 Å². The van der Waals surface area contributed by atoms with Gasteiger partial charge in [0, 0.05) is 24.0 Å². The molecule has 0 aromatic heterocycles. The number of hydrogen-bond acceptors (Lipinski definition) is 2. The maximum atomic E-state index is 7.52. The van der Waals surface area contributed by atoms with Gasteiger partial charge in [0.1, 0.15) is 0 Å². The van der Waals surface area contributed by atoms with Crippen LogP contribution in [0.15, 0.2) is 24.3 Å². The highest BCUT2D eigenvalue weighted by Gasteiger charge is 2.21. The Hall–Kier alpha value is -1.06. The van der Waals surface area contributed by atoms with Gasteiger partial charge in [-0.3, -0.25) is 10.3 Å². The van der Waals surface area contributed by atoms with Crippen LogP contribution in [-0.2, 0) is 6.54 Å². The average Bonchev–Trinajstić information content (AvgIpc) is 2.29.